The van der Waals surface area contributed by atoms with Crippen molar-refractivity contribution in [2.45, 2.75) is 6.61 Å². The largest absolute Gasteiger partial charge is 0.497 e. The molecule has 0 unspecified atom stereocenters. The lowest BCUT2D eigenvalue weighted by atomic mass is 10.2. The molecule has 4 aromatic rings. The van der Waals surface area contributed by atoms with Gasteiger partial charge in [0, 0.05) is 26.2 Å². The van der Waals surface area contributed by atoms with E-state index in [0.29, 0.717) is 55.1 Å². The normalized spacial score (nSPS) is 13.5. The zero-order chi connectivity index (χ0) is 24.2. The van der Waals surface area contributed by atoms with Crippen LogP contribution >= 0.6 is 0 Å². The minimum Gasteiger partial charge on any atom is -0.497 e. The lowest BCUT2D eigenvalue weighted by molar-refractivity contribution is 0.0713. The fourth-order valence-corrected chi connectivity index (χ4v) is 3.77. The van der Waals surface area contributed by atoms with Crippen LogP contribution in [0.2, 0.25) is 0 Å². The molecule has 10 nitrogen and oxygen atoms in total. The summed E-state index contributed by atoms with van der Waals surface area (Å²) in [7, 11) is 1.61. The van der Waals surface area contributed by atoms with Gasteiger partial charge in [-0.2, -0.15) is 10.2 Å². The highest BCUT2D eigenvalue weighted by atomic mass is 16.5. The molecule has 35 heavy (non-hydrogen) atoms. The average molecular weight is 474 g/mol. The summed E-state index contributed by atoms with van der Waals surface area (Å²) in [5.74, 6) is 3.12. The highest BCUT2D eigenvalue weighted by molar-refractivity contribution is 5.91. The highest BCUT2D eigenvalue weighted by Crippen LogP contribution is 2.30. The van der Waals surface area contributed by atoms with Gasteiger partial charge in [0.25, 0.3) is 11.8 Å². The number of carbonyl (C=O) groups excluding carboxylic acids is 1. The molecule has 4 heterocycles. The van der Waals surface area contributed by atoms with Crippen molar-refractivity contribution in [3.8, 4) is 29.2 Å². The number of amides is 1. The van der Waals surface area contributed by atoms with Gasteiger partial charge in [0.2, 0.25) is 11.6 Å². The number of nitriles is 1. The summed E-state index contributed by atoms with van der Waals surface area (Å²) in [4.78, 5) is 20.4. The number of methoxy groups -OCH3 is 1. The van der Waals surface area contributed by atoms with Crippen LogP contribution in [0, 0.1) is 11.3 Å². The van der Waals surface area contributed by atoms with E-state index in [4.69, 9.17) is 22.7 Å². The van der Waals surface area contributed by atoms with E-state index in [1.165, 1.54) is 6.26 Å². The topological polar surface area (TPSA) is 118 Å². The first kappa shape index (κ1) is 22.2. The monoisotopic (exact) mass is 474 g/mol. The third-order valence-electron chi connectivity index (χ3n) is 5.61. The number of benzene rings is 1. The maximum absolute atomic E-state index is 12.5. The van der Waals surface area contributed by atoms with E-state index in [2.05, 4.69) is 11.1 Å². The Balaban J connectivity index is 1.23. The third-order valence-corrected chi connectivity index (χ3v) is 5.61. The van der Waals surface area contributed by atoms with Gasteiger partial charge in [-0.05, 0) is 48.5 Å². The van der Waals surface area contributed by atoms with Crippen LogP contribution in [0.1, 0.15) is 22.0 Å². The predicted octanol–water partition coefficient (Wildman–Crippen LogP) is 3.95. The Morgan fingerprint density at radius 3 is 2.51 bits per heavy atom. The molecule has 0 atom stereocenters. The second-order valence-electron chi connectivity index (χ2n) is 7.77. The molecule has 0 aliphatic carbocycles. The fourth-order valence-electron chi connectivity index (χ4n) is 3.77. The number of rotatable bonds is 7. The number of anilines is 1. The summed E-state index contributed by atoms with van der Waals surface area (Å²) >= 11 is 0. The summed E-state index contributed by atoms with van der Waals surface area (Å²) in [6.45, 7) is 2.14. The minimum absolute atomic E-state index is 0.159. The van der Waals surface area contributed by atoms with E-state index in [0.717, 1.165) is 5.75 Å². The van der Waals surface area contributed by atoms with Gasteiger partial charge in [-0.1, -0.05) is 0 Å². The molecule has 1 aliphatic heterocycles. The highest BCUT2D eigenvalue weighted by Gasteiger charge is 2.28. The van der Waals surface area contributed by atoms with E-state index in [1.54, 1.807) is 36.3 Å². The third kappa shape index (κ3) is 4.70. The Kier molecular flexibility index (Phi) is 6.13. The number of aromatic nitrogens is 1. The van der Waals surface area contributed by atoms with Gasteiger partial charge in [0.05, 0.1) is 13.4 Å². The van der Waals surface area contributed by atoms with Crippen molar-refractivity contribution in [1.29, 1.82) is 5.26 Å². The van der Waals surface area contributed by atoms with Gasteiger partial charge in [-0.15, -0.1) is 0 Å². The van der Waals surface area contributed by atoms with Crippen molar-refractivity contribution in [2.24, 2.45) is 0 Å². The molecule has 5 rings (SSSR count). The number of hydrogen-bond acceptors (Lipinski definition) is 9. The Hall–Kier alpha value is -4.65. The Labute approximate surface area is 200 Å². The SMILES string of the molecule is COc1ccc(OCc2ccc(-c3nc(C#N)c(N4CCN(C(=O)c5ccco5)CC4)o3)o2)cc1. The second kappa shape index (κ2) is 9.69. The van der Waals surface area contributed by atoms with Gasteiger partial charge in [-0.25, -0.2) is 0 Å². The quantitative estimate of drug-likeness (QED) is 0.392. The molecule has 1 amide bonds. The van der Waals surface area contributed by atoms with Crippen LogP contribution in [0.25, 0.3) is 11.7 Å². The van der Waals surface area contributed by atoms with Gasteiger partial charge in [-0.3, -0.25) is 4.79 Å². The minimum atomic E-state index is -0.159. The molecule has 1 aromatic carbocycles. The van der Waals surface area contributed by atoms with Crippen LogP contribution in [0.4, 0.5) is 5.88 Å². The molecular formula is C25H22N4O6. The molecule has 3 aromatic heterocycles. The van der Waals surface area contributed by atoms with Crippen molar-refractivity contribution in [3.63, 3.8) is 0 Å². The van der Waals surface area contributed by atoms with Crippen LogP contribution in [-0.2, 0) is 6.61 Å². The molecule has 0 bridgehead atoms. The first-order valence-corrected chi connectivity index (χ1v) is 11.0. The van der Waals surface area contributed by atoms with Crippen LogP contribution < -0.4 is 14.4 Å². The number of oxazole rings is 1. The average Bonchev–Trinajstić information content (AvgIpc) is 3.68. The number of furan rings is 2. The first-order valence-electron chi connectivity index (χ1n) is 11.0. The molecule has 178 valence electrons. The zero-order valence-corrected chi connectivity index (χ0v) is 19.0. The van der Waals surface area contributed by atoms with E-state index in [9.17, 15) is 10.1 Å². The number of hydrogen-bond donors (Lipinski definition) is 0. The van der Waals surface area contributed by atoms with Crippen LogP contribution in [-0.4, -0.2) is 49.1 Å². The second-order valence-corrected chi connectivity index (χ2v) is 7.77. The molecule has 0 radical (unpaired) electrons. The summed E-state index contributed by atoms with van der Waals surface area (Å²) in [5.41, 5.74) is 0.165. The maximum Gasteiger partial charge on any atom is 0.289 e. The van der Waals surface area contributed by atoms with Crippen molar-refractivity contribution < 1.29 is 27.5 Å². The molecule has 1 aliphatic rings. The zero-order valence-electron chi connectivity index (χ0n) is 19.0. The summed E-state index contributed by atoms with van der Waals surface area (Å²) < 4.78 is 27.8. The molecule has 0 spiro atoms. The van der Waals surface area contributed by atoms with Gasteiger partial charge in [0.15, 0.2) is 11.5 Å². The van der Waals surface area contributed by atoms with Crippen molar-refractivity contribution in [2.75, 3.05) is 38.2 Å². The van der Waals surface area contributed by atoms with Crippen molar-refractivity contribution in [1.82, 2.24) is 9.88 Å². The Morgan fingerprint density at radius 1 is 1.06 bits per heavy atom. The number of carbonyl (C=O) groups is 1. The Bertz CT molecular complexity index is 1330. The summed E-state index contributed by atoms with van der Waals surface area (Å²) in [5, 5.41) is 9.59. The first-order chi connectivity index (χ1) is 17.1. The van der Waals surface area contributed by atoms with Crippen molar-refractivity contribution >= 4 is 11.8 Å². The smallest absolute Gasteiger partial charge is 0.289 e. The predicted molar refractivity (Wildman–Crippen MR) is 123 cm³/mol. The molecule has 0 N–H and O–H groups in total. The molecule has 1 fully saturated rings. The standard InChI is InChI=1S/C25H22N4O6/c1-31-17-4-6-18(7-5-17)33-16-19-8-9-21(34-19)23-27-20(15-26)25(35-23)29-12-10-28(11-13-29)24(30)22-3-2-14-32-22/h2-9,14H,10-13,16H2,1H3. The van der Waals surface area contributed by atoms with Gasteiger partial charge >= 0.3 is 0 Å². The fraction of sp³-hybridized carbons (Fsp3) is 0.240. The molecule has 0 saturated carbocycles. The lowest BCUT2D eigenvalue weighted by Crippen LogP contribution is -2.48. The van der Waals surface area contributed by atoms with Crippen LogP contribution in [0.3, 0.4) is 0 Å². The van der Waals surface area contributed by atoms with E-state index >= 15 is 0 Å². The molecule has 10 heteroatoms. The lowest BCUT2D eigenvalue weighted by Gasteiger charge is -2.34. The maximum atomic E-state index is 12.5. The van der Waals surface area contributed by atoms with E-state index in [1.807, 2.05) is 29.2 Å². The van der Waals surface area contributed by atoms with Crippen LogP contribution in [0.5, 0.6) is 11.5 Å². The number of ether oxygens (including phenoxy) is 2. The Morgan fingerprint density at radius 2 is 1.83 bits per heavy atom. The van der Waals surface area contributed by atoms with E-state index in [-0.39, 0.29) is 24.1 Å². The number of nitrogens with zero attached hydrogens (tertiary/aromatic N) is 4. The number of piperazine rings is 1. The van der Waals surface area contributed by atoms with Gasteiger partial charge < -0.3 is 32.5 Å². The summed E-state index contributed by atoms with van der Waals surface area (Å²) in [6, 6.07) is 16.2. The van der Waals surface area contributed by atoms with Crippen LogP contribution in [0.15, 0.2) is 68.0 Å². The van der Waals surface area contributed by atoms with Gasteiger partial charge in [0.1, 0.15) is 29.9 Å². The van der Waals surface area contributed by atoms with Crippen molar-refractivity contribution in [3.05, 3.63) is 72.0 Å². The van der Waals surface area contributed by atoms with E-state index < -0.39 is 0 Å². The molecular weight excluding hydrogens is 452 g/mol. The molecule has 1 saturated heterocycles. The summed E-state index contributed by atoms with van der Waals surface area (Å²) in [6.07, 6.45) is 1.48.